The van der Waals surface area contributed by atoms with E-state index in [1.54, 1.807) is 7.11 Å². The minimum atomic E-state index is -0.347. The van der Waals surface area contributed by atoms with Crippen molar-refractivity contribution in [3.63, 3.8) is 0 Å². The zero-order valence-corrected chi connectivity index (χ0v) is 8.44. The maximum Gasteiger partial charge on any atom is 0.124 e. The fraction of sp³-hybridized carbons (Fsp3) is 0.500. The Morgan fingerprint density at radius 2 is 2.07 bits per heavy atom. The van der Waals surface area contributed by atoms with Gasteiger partial charge in [-0.2, -0.15) is 0 Å². The zero-order chi connectivity index (χ0) is 9.97. The van der Waals surface area contributed by atoms with Gasteiger partial charge in [0.2, 0.25) is 0 Å². The minimum Gasteiger partial charge on any atom is -0.496 e. The molecule has 1 atom stereocenters. The van der Waals surface area contributed by atoms with Crippen molar-refractivity contribution in [1.82, 2.24) is 0 Å². The van der Waals surface area contributed by atoms with E-state index in [9.17, 15) is 5.11 Å². The highest BCUT2D eigenvalue weighted by Crippen LogP contribution is 2.40. The quantitative estimate of drug-likeness (QED) is 0.797. The summed E-state index contributed by atoms with van der Waals surface area (Å²) in [6.07, 6.45) is 3.18. The van der Waals surface area contributed by atoms with Crippen molar-refractivity contribution >= 4 is 0 Å². The van der Waals surface area contributed by atoms with Crippen molar-refractivity contribution in [2.75, 3.05) is 7.11 Å². The molecule has 0 aromatic heterocycles. The molecule has 14 heavy (non-hydrogen) atoms. The van der Waals surface area contributed by atoms with Crippen LogP contribution in [0.25, 0.3) is 0 Å². The first-order valence-electron chi connectivity index (χ1n) is 5.14. The van der Waals surface area contributed by atoms with Crippen molar-refractivity contribution in [1.29, 1.82) is 0 Å². The Bertz CT molecular complexity index is 305. The van der Waals surface area contributed by atoms with Crippen LogP contribution in [0.1, 0.15) is 30.9 Å². The van der Waals surface area contributed by atoms with Crippen molar-refractivity contribution < 1.29 is 9.84 Å². The Balaban J connectivity index is 2.20. The smallest absolute Gasteiger partial charge is 0.124 e. The van der Waals surface area contributed by atoms with Crippen LogP contribution in [-0.4, -0.2) is 12.2 Å². The fourth-order valence-corrected chi connectivity index (χ4v) is 1.92. The summed E-state index contributed by atoms with van der Waals surface area (Å²) >= 11 is 0. The third-order valence-electron chi connectivity index (χ3n) is 3.05. The molecule has 0 radical (unpaired) electrons. The van der Waals surface area contributed by atoms with Crippen LogP contribution in [0.4, 0.5) is 0 Å². The van der Waals surface area contributed by atoms with E-state index >= 15 is 0 Å². The summed E-state index contributed by atoms with van der Waals surface area (Å²) in [6.45, 7) is 0. The van der Waals surface area contributed by atoms with Gasteiger partial charge in [-0.25, -0.2) is 0 Å². The van der Waals surface area contributed by atoms with Crippen molar-refractivity contribution in [2.45, 2.75) is 25.4 Å². The molecule has 0 heterocycles. The second kappa shape index (κ2) is 4.01. The Morgan fingerprint density at radius 1 is 1.36 bits per heavy atom. The van der Waals surface area contributed by atoms with Crippen LogP contribution in [0.3, 0.4) is 0 Å². The lowest BCUT2D eigenvalue weighted by molar-refractivity contribution is 0.0600. The summed E-state index contributed by atoms with van der Waals surface area (Å²) < 4.78 is 5.23. The summed E-state index contributed by atoms with van der Waals surface area (Å²) in [4.78, 5) is 0. The minimum absolute atomic E-state index is 0.347. The second-order valence-electron chi connectivity index (χ2n) is 3.88. The molecule has 2 rings (SSSR count). The van der Waals surface area contributed by atoms with Crippen molar-refractivity contribution in [3.05, 3.63) is 29.8 Å². The molecular formula is C12H16O2. The van der Waals surface area contributed by atoms with E-state index in [0.717, 1.165) is 24.2 Å². The summed E-state index contributed by atoms with van der Waals surface area (Å²) in [7, 11) is 1.65. The van der Waals surface area contributed by atoms with E-state index in [4.69, 9.17) is 4.74 Å². The molecule has 0 saturated heterocycles. The molecule has 1 aromatic carbocycles. The highest BCUT2D eigenvalue weighted by molar-refractivity contribution is 5.35. The molecular weight excluding hydrogens is 176 g/mol. The molecule has 1 fully saturated rings. The molecule has 1 unspecified atom stereocenters. The predicted molar refractivity (Wildman–Crippen MR) is 55.3 cm³/mol. The molecule has 0 bridgehead atoms. The standard InChI is InChI=1S/C12H16O2/c1-14-11-8-3-2-7-10(11)12(13)9-5-4-6-9/h2-3,7-9,12-13H,4-6H2,1H3. The summed E-state index contributed by atoms with van der Waals surface area (Å²) in [6, 6.07) is 7.72. The van der Waals surface area contributed by atoms with Crippen LogP contribution in [0.2, 0.25) is 0 Å². The van der Waals surface area contributed by atoms with Crippen LogP contribution in [0.5, 0.6) is 5.75 Å². The van der Waals surface area contributed by atoms with Gasteiger partial charge in [-0.05, 0) is 24.8 Å². The molecule has 1 aliphatic rings. The first-order chi connectivity index (χ1) is 6.83. The first-order valence-corrected chi connectivity index (χ1v) is 5.14. The highest BCUT2D eigenvalue weighted by Gasteiger charge is 2.28. The molecule has 1 aliphatic carbocycles. The van der Waals surface area contributed by atoms with Gasteiger partial charge in [-0.1, -0.05) is 24.6 Å². The van der Waals surface area contributed by atoms with Gasteiger partial charge in [-0.3, -0.25) is 0 Å². The van der Waals surface area contributed by atoms with E-state index < -0.39 is 0 Å². The van der Waals surface area contributed by atoms with Crippen LogP contribution >= 0.6 is 0 Å². The van der Waals surface area contributed by atoms with Crippen LogP contribution in [-0.2, 0) is 0 Å². The molecule has 76 valence electrons. The molecule has 2 heteroatoms. The first kappa shape index (κ1) is 9.53. The maximum atomic E-state index is 10.1. The SMILES string of the molecule is COc1ccccc1C(O)C1CCC1. The Hall–Kier alpha value is -1.02. The van der Waals surface area contributed by atoms with Gasteiger partial charge in [0.15, 0.2) is 0 Å². The molecule has 2 nitrogen and oxygen atoms in total. The molecule has 0 aliphatic heterocycles. The number of benzene rings is 1. The van der Waals surface area contributed by atoms with Gasteiger partial charge < -0.3 is 9.84 Å². The number of aliphatic hydroxyl groups is 1. The largest absolute Gasteiger partial charge is 0.496 e. The molecule has 0 amide bonds. The summed E-state index contributed by atoms with van der Waals surface area (Å²) in [5.41, 5.74) is 0.930. The molecule has 1 N–H and O–H groups in total. The molecule has 1 aromatic rings. The average molecular weight is 192 g/mol. The van der Waals surface area contributed by atoms with Gasteiger partial charge >= 0.3 is 0 Å². The molecule has 0 spiro atoms. The summed E-state index contributed by atoms with van der Waals surface area (Å²) in [5, 5.41) is 10.1. The lowest BCUT2D eigenvalue weighted by atomic mass is 9.78. The van der Waals surface area contributed by atoms with Gasteiger partial charge in [0, 0.05) is 5.56 Å². The summed E-state index contributed by atoms with van der Waals surface area (Å²) in [5.74, 6) is 1.23. The van der Waals surface area contributed by atoms with Gasteiger partial charge in [0.05, 0.1) is 13.2 Å². The number of methoxy groups -OCH3 is 1. The van der Waals surface area contributed by atoms with Crippen molar-refractivity contribution in [3.8, 4) is 5.75 Å². The van der Waals surface area contributed by atoms with E-state index in [1.807, 2.05) is 24.3 Å². The third kappa shape index (κ3) is 1.62. The predicted octanol–water partition coefficient (Wildman–Crippen LogP) is 2.53. The fourth-order valence-electron chi connectivity index (χ4n) is 1.92. The van der Waals surface area contributed by atoms with Gasteiger partial charge in [0.25, 0.3) is 0 Å². The maximum absolute atomic E-state index is 10.1. The Kier molecular flexibility index (Phi) is 2.73. The monoisotopic (exact) mass is 192 g/mol. The number of para-hydroxylation sites is 1. The third-order valence-corrected chi connectivity index (χ3v) is 3.05. The topological polar surface area (TPSA) is 29.5 Å². The van der Waals surface area contributed by atoms with E-state index in [2.05, 4.69) is 0 Å². The normalized spacial score (nSPS) is 18.7. The number of hydrogen-bond acceptors (Lipinski definition) is 2. The molecule has 1 saturated carbocycles. The van der Waals surface area contributed by atoms with E-state index in [-0.39, 0.29) is 6.10 Å². The average Bonchev–Trinajstić information content (AvgIpc) is 2.15. The van der Waals surface area contributed by atoms with Gasteiger partial charge in [0.1, 0.15) is 5.75 Å². The highest BCUT2D eigenvalue weighted by atomic mass is 16.5. The lowest BCUT2D eigenvalue weighted by Crippen LogP contribution is -2.20. The van der Waals surface area contributed by atoms with Gasteiger partial charge in [-0.15, -0.1) is 0 Å². The zero-order valence-electron chi connectivity index (χ0n) is 8.44. The lowest BCUT2D eigenvalue weighted by Gasteiger charge is -2.31. The van der Waals surface area contributed by atoms with Crippen LogP contribution in [0, 0.1) is 5.92 Å². The Morgan fingerprint density at radius 3 is 2.64 bits per heavy atom. The van der Waals surface area contributed by atoms with Crippen molar-refractivity contribution in [2.24, 2.45) is 5.92 Å². The number of hydrogen-bond donors (Lipinski definition) is 1. The number of rotatable bonds is 3. The number of aliphatic hydroxyl groups excluding tert-OH is 1. The Labute approximate surface area is 84.5 Å². The van der Waals surface area contributed by atoms with E-state index in [0.29, 0.717) is 5.92 Å². The second-order valence-corrected chi connectivity index (χ2v) is 3.88. The van der Waals surface area contributed by atoms with Crippen LogP contribution in [0.15, 0.2) is 24.3 Å². The van der Waals surface area contributed by atoms with Crippen LogP contribution < -0.4 is 4.74 Å². The number of ether oxygens (including phenoxy) is 1. The van der Waals surface area contributed by atoms with E-state index in [1.165, 1.54) is 6.42 Å².